The summed E-state index contributed by atoms with van der Waals surface area (Å²) in [4.78, 5) is 11.8. The number of carbonyl (C=O) groups excluding carboxylic acids is 1. The molecule has 1 amide bonds. The molecule has 0 radical (unpaired) electrons. The van der Waals surface area contributed by atoms with Gasteiger partial charge in [-0.15, -0.1) is 0 Å². The molecule has 0 fully saturated rings. The molecule has 2 rings (SSSR count). The van der Waals surface area contributed by atoms with Crippen LogP contribution in [0.25, 0.3) is 0 Å². The second-order valence-electron chi connectivity index (χ2n) is 5.11. The van der Waals surface area contributed by atoms with E-state index >= 15 is 0 Å². The Morgan fingerprint density at radius 2 is 1.96 bits per heavy atom. The first-order valence-electron chi connectivity index (χ1n) is 7.34. The number of ether oxygens (including phenoxy) is 1. The molecular weight excluding hydrogens is 314 g/mol. The largest absolute Gasteiger partial charge is 0.494 e. The van der Waals surface area contributed by atoms with Crippen molar-refractivity contribution in [1.82, 2.24) is 5.43 Å². The topological polar surface area (TPSA) is 76.4 Å². The first kappa shape index (κ1) is 17.1. The molecule has 5 nitrogen and oxygen atoms in total. The van der Waals surface area contributed by atoms with E-state index in [1.54, 1.807) is 18.2 Å². The predicted octanol–water partition coefficient (Wildman–Crippen LogP) is 3.13. The van der Waals surface area contributed by atoms with Crippen LogP contribution in [0, 0.1) is 6.92 Å². The molecule has 4 N–H and O–H groups in total. The number of nitrogens with one attached hydrogen (secondary N) is 2. The Labute approximate surface area is 140 Å². The third-order valence-electron chi connectivity index (χ3n) is 3.27. The Bertz CT molecular complexity index is 659. The zero-order valence-corrected chi connectivity index (χ0v) is 13.7. The van der Waals surface area contributed by atoms with Crippen molar-refractivity contribution in [2.45, 2.75) is 13.3 Å². The fraction of sp³-hybridized carbons (Fsp3) is 0.235. The van der Waals surface area contributed by atoms with Gasteiger partial charge in [0, 0.05) is 17.3 Å². The molecule has 0 aliphatic rings. The van der Waals surface area contributed by atoms with E-state index < -0.39 is 0 Å². The fourth-order valence-electron chi connectivity index (χ4n) is 2.09. The molecule has 2 aromatic carbocycles. The maximum Gasteiger partial charge on any atom is 0.267 e. The van der Waals surface area contributed by atoms with E-state index in [2.05, 4.69) is 10.7 Å². The van der Waals surface area contributed by atoms with Crippen molar-refractivity contribution in [3.63, 3.8) is 0 Å². The van der Waals surface area contributed by atoms with Crippen molar-refractivity contribution >= 4 is 23.2 Å². The Morgan fingerprint density at radius 1 is 1.22 bits per heavy atom. The van der Waals surface area contributed by atoms with Gasteiger partial charge in [0.2, 0.25) is 0 Å². The van der Waals surface area contributed by atoms with Gasteiger partial charge in [-0.3, -0.25) is 10.2 Å². The maximum atomic E-state index is 11.8. The second kappa shape index (κ2) is 8.41. The summed E-state index contributed by atoms with van der Waals surface area (Å²) < 4.78 is 5.62. The normalized spacial score (nSPS) is 10.2. The summed E-state index contributed by atoms with van der Waals surface area (Å²) in [7, 11) is 0. The summed E-state index contributed by atoms with van der Waals surface area (Å²) in [5.74, 6) is 5.69. The Kier molecular flexibility index (Phi) is 6.26. The predicted molar refractivity (Wildman–Crippen MR) is 92.9 cm³/mol. The molecule has 0 spiro atoms. The number of aryl methyl sites for hydroxylation is 1. The van der Waals surface area contributed by atoms with Crippen LogP contribution in [0.1, 0.15) is 22.3 Å². The summed E-state index contributed by atoms with van der Waals surface area (Å²) in [5, 5.41) is 3.92. The van der Waals surface area contributed by atoms with Crippen molar-refractivity contribution in [2.24, 2.45) is 5.84 Å². The van der Waals surface area contributed by atoms with E-state index in [4.69, 9.17) is 22.2 Å². The number of anilines is 1. The van der Waals surface area contributed by atoms with Gasteiger partial charge in [0.1, 0.15) is 5.75 Å². The highest BCUT2D eigenvalue weighted by Crippen LogP contribution is 2.18. The van der Waals surface area contributed by atoms with Gasteiger partial charge in [-0.1, -0.05) is 23.2 Å². The SMILES string of the molecule is Cc1ccc(NCCCOc2ccc(Cl)cc2)c(C(=O)NN)c1. The molecule has 2 aromatic rings. The monoisotopic (exact) mass is 333 g/mol. The third kappa shape index (κ3) is 5.16. The van der Waals surface area contributed by atoms with Crippen molar-refractivity contribution in [3.05, 3.63) is 58.6 Å². The van der Waals surface area contributed by atoms with Crippen molar-refractivity contribution in [2.75, 3.05) is 18.5 Å². The number of hydrogen-bond donors (Lipinski definition) is 3. The summed E-state index contributed by atoms with van der Waals surface area (Å²) >= 11 is 5.82. The molecule has 0 bridgehead atoms. The molecule has 0 aromatic heterocycles. The summed E-state index contributed by atoms with van der Waals surface area (Å²) in [5.41, 5.74) is 4.45. The standard InChI is InChI=1S/C17H20ClN3O2/c1-12-3-8-16(15(11-12)17(22)21-19)20-9-2-10-23-14-6-4-13(18)5-7-14/h3-8,11,20H,2,9-10,19H2,1H3,(H,21,22). The zero-order chi connectivity index (χ0) is 16.7. The molecule has 23 heavy (non-hydrogen) atoms. The minimum absolute atomic E-state index is 0.311. The van der Waals surface area contributed by atoms with Crippen molar-refractivity contribution < 1.29 is 9.53 Å². The van der Waals surface area contributed by atoms with E-state index in [0.29, 0.717) is 23.7 Å². The molecular formula is C17H20ClN3O2. The van der Waals surface area contributed by atoms with Crippen molar-refractivity contribution in [1.29, 1.82) is 0 Å². The molecule has 0 saturated heterocycles. The van der Waals surface area contributed by atoms with Crippen LogP contribution in [0.3, 0.4) is 0 Å². The number of benzene rings is 2. The van der Waals surface area contributed by atoms with Crippen LogP contribution in [0.4, 0.5) is 5.69 Å². The van der Waals surface area contributed by atoms with Gasteiger partial charge in [0.25, 0.3) is 5.91 Å². The Balaban J connectivity index is 1.82. The number of hydrazine groups is 1. The van der Waals surface area contributed by atoms with Crippen LogP contribution in [0.2, 0.25) is 5.02 Å². The fourth-order valence-corrected chi connectivity index (χ4v) is 2.22. The number of amides is 1. The highest BCUT2D eigenvalue weighted by atomic mass is 35.5. The molecule has 0 unspecified atom stereocenters. The zero-order valence-electron chi connectivity index (χ0n) is 12.9. The molecule has 0 aliphatic carbocycles. The van der Waals surface area contributed by atoms with Crippen LogP contribution >= 0.6 is 11.6 Å². The van der Waals surface area contributed by atoms with E-state index in [-0.39, 0.29) is 5.91 Å². The van der Waals surface area contributed by atoms with Gasteiger partial charge in [-0.2, -0.15) is 0 Å². The van der Waals surface area contributed by atoms with Gasteiger partial charge >= 0.3 is 0 Å². The number of halogens is 1. The lowest BCUT2D eigenvalue weighted by Crippen LogP contribution is -2.30. The Morgan fingerprint density at radius 3 is 2.65 bits per heavy atom. The number of hydrogen-bond acceptors (Lipinski definition) is 4. The van der Waals surface area contributed by atoms with E-state index in [0.717, 1.165) is 23.4 Å². The highest BCUT2D eigenvalue weighted by Gasteiger charge is 2.10. The van der Waals surface area contributed by atoms with E-state index in [1.165, 1.54) is 0 Å². The van der Waals surface area contributed by atoms with Gasteiger partial charge in [-0.05, 0) is 49.7 Å². The van der Waals surface area contributed by atoms with E-state index in [9.17, 15) is 4.79 Å². The number of carbonyl (C=O) groups is 1. The second-order valence-corrected chi connectivity index (χ2v) is 5.54. The lowest BCUT2D eigenvalue weighted by atomic mass is 10.1. The summed E-state index contributed by atoms with van der Waals surface area (Å²) in [6, 6.07) is 12.9. The molecule has 0 heterocycles. The highest BCUT2D eigenvalue weighted by molar-refractivity contribution is 6.30. The lowest BCUT2D eigenvalue weighted by molar-refractivity contribution is 0.0954. The van der Waals surface area contributed by atoms with Crippen LogP contribution in [-0.2, 0) is 0 Å². The number of rotatable bonds is 7. The average Bonchev–Trinajstić information content (AvgIpc) is 2.56. The molecule has 0 aliphatic heterocycles. The van der Waals surface area contributed by atoms with Gasteiger partial charge in [0.15, 0.2) is 0 Å². The van der Waals surface area contributed by atoms with Gasteiger partial charge in [0.05, 0.1) is 12.2 Å². The maximum absolute atomic E-state index is 11.8. The van der Waals surface area contributed by atoms with Crippen LogP contribution in [0.5, 0.6) is 5.75 Å². The average molecular weight is 334 g/mol. The van der Waals surface area contributed by atoms with Gasteiger partial charge < -0.3 is 10.1 Å². The van der Waals surface area contributed by atoms with E-state index in [1.807, 2.05) is 31.2 Å². The molecule has 0 atom stereocenters. The number of nitrogen functional groups attached to an aromatic ring is 1. The lowest BCUT2D eigenvalue weighted by Gasteiger charge is -2.12. The van der Waals surface area contributed by atoms with Crippen LogP contribution < -0.4 is 21.3 Å². The molecule has 6 heteroatoms. The smallest absolute Gasteiger partial charge is 0.267 e. The van der Waals surface area contributed by atoms with Gasteiger partial charge in [-0.25, -0.2) is 5.84 Å². The van der Waals surface area contributed by atoms with Crippen molar-refractivity contribution in [3.8, 4) is 5.75 Å². The molecule has 122 valence electrons. The third-order valence-corrected chi connectivity index (χ3v) is 3.52. The Hall–Kier alpha value is -2.24. The number of nitrogens with two attached hydrogens (primary N) is 1. The van der Waals surface area contributed by atoms with Crippen LogP contribution in [-0.4, -0.2) is 19.1 Å². The first-order chi connectivity index (χ1) is 11.1. The molecule has 0 saturated carbocycles. The minimum Gasteiger partial charge on any atom is -0.494 e. The summed E-state index contributed by atoms with van der Waals surface area (Å²) in [6.07, 6.45) is 0.792. The van der Waals surface area contributed by atoms with Crippen LogP contribution in [0.15, 0.2) is 42.5 Å². The first-order valence-corrected chi connectivity index (χ1v) is 7.72. The quantitative estimate of drug-likeness (QED) is 0.315. The summed E-state index contributed by atoms with van der Waals surface area (Å²) in [6.45, 7) is 3.18. The minimum atomic E-state index is -0.311.